The minimum absolute atomic E-state index is 0.0278. The molecule has 110 valence electrons. The molecule has 0 aliphatic heterocycles. The van der Waals surface area contributed by atoms with Gasteiger partial charge in [-0.1, -0.05) is 19.1 Å². The monoisotopic (exact) mass is 280 g/mol. The first-order valence-corrected chi connectivity index (χ1v) is 6.58. The molecule has 0 aliphatic rings. The van der Waals surface area contributed by atoms with E-state index < -0.39 is 10.9 Å². The smallest absolute Gasteiger partial charge is 0.317 e. The molecular formula is C14H20N2O4. The van der Waals surface area contributed by atoms with E-state index in [1.807, 2.05) is 25.7 Å². The van der Waals surface area contributed by atoms with E-state index in [9.17, 15) is 14.9 Å². The van der Waals surface area contributed by atoms with E-state index in [0.717, 1.165) is 5.56 Å². The summed E-state index contributed by atoms with van der Waals surface area (Å²) in [5, 5.41) is 19.9. The second-order valence-electron chi connectivity index (χ2n) is 4.94. The number of carbonyl (C=O) groups is 1. The van der Waals surface area contributed by atoms with Crippen molar-refractivity contribution in [3.05, 3.63) is 39.9 Å². The molecule has 0 spiro atoms. The Balaban J connectivity index is 3.12. The summed E-state index contributed by atoms with van der Waals surface area (Å²) in [6.07, 6.45) is 0.687. The molecule has 0 aromatic heterocycles. The van der Waals surface area contributed by atoms with Gasteiger partial charge in [0.05, 0.1) is 11.5 Å². The van der Waals surface area contributed by atoms with Gasteiger partial charge in [0, 0.05) is 24.2 Å². The van der Waals surface area contributed by atoms with Crippen LogP contribution in [0.2, 0.25) is 0 Å². The second-order valence-corrected chi connectivity index (χ2v) is 4.94. The maximum atomic E-state index is 11.0. The molecule has 1 rings (SSSR count). The number of carboxylic acid groups (broad SMARTS) is 1. The molecular weight excluding hydrogens is 260 g/mol. The van der Waals surface area contributed by atoms with Crippen LogP contribution in [0.1, 0.15) is 38.8 Å². The Labute approximate surface area is 118 Å². The number of hydrogen-bond donors (Lipinski definition) is 1. The first-order chi connectivity index (χ1) is 9.36. The summed E-state index contributed by atoms with van der Waals surface area (Å²) in [6, 6.07) is 6.29. The van der Waals surface area contributed by atoms with Crippen LogP contribution in [-0.4, -0.2) is 33.5 Å². The molecule has 6 heteroatoms. The fourth-order valence-corrected chi connectivity index (χ4v) is 2.32. The number of hydrogen-bond acceptors (Lipinski definition) is 4. The zero-order valence-corrected chi connectivity index (χ0v) is 11.9. The van der Waals surface area contributed by atoms with Gasteiger partial charge in [-0.25, -0.2) is 0 Å². The summed E-state index contributed by atoms with van der Waals surface area (Å²) in [6.45, 7) is 5.70. The quantitative estimate of drug-likeness (QED) is 0.613. The highest BCUT2D eigenvalue weighted by Crippen LogP contribution is 2.28. The molecule has 0 saturated heterocycles. The molecule has 20 heavy (non-hydrogen) atoms. The molecule has 1 unspecified atom stereocenters. The molecule has 0 fully saturated rings. The van der Waals surface area contributed by atoms with Crippen LogP contribution in [0.5, 0.6) is 0 Å². The van der Waals surface area contributed by atoms with Crippen LogP contribution >= 0.6 is 0 Å². The summed E-state index contributed by atoms with van der Waals surface area (Å²) in [7, 11) is 0. The minimum Gasteiger partial charge on any atom is -0.480 e. The molecule has 0 bridgehead atoms. The normalized spacial score (nSPS) is 12.7. The van der Waals surface area contributed by atoms with E-state index in [4.69, 9.17) is 5.11 Å². The maximum Gasteiger partial charge on any atom is 0.317 e. The van der Waals surface area contributed by atoms with Gasteiger partial charge in [0.25, 0.3) is 5.69 Å². The minimum atomic E-state index is -0.900. The Bertz CT molecular complexity index is 488. The Morgan fingerprint density at radius 1 is 1.45 bits per heavy atom. The first kappa shape index (κ1) is 16.1. The molecule has 0 saturated carbocycles. The Hall–Kier alpha value is -1.95. The van der Waals surface area contributed by atoms with Gasteiger partial charge in [-0.2, -0.15) is 0 Å². The third-order valence-corrected chi connectivity index (χ3v) is 3.23. The highest BCUT2D eigenvalue weighted by atomic mass is 16.6. The van der Waals surface area contributed by atoms with E-state index in [1.165, 1.54) is 12.1 Å². The van der Waals surface area contributed by atoms with Crippen LogP contribution in [0.3, 0.4) is 0 Å². The molecule has 1 N–H and O–H groups in total. The van der Waals surface area contributed by atoms with Crippen molar-refractivity contribution < 1.29 is 14.8 Å². The number of nitrogens with zero attached hydrogens (tertiary/aromatic N) is 2. The second kappa shape index (κ2) is 7.00. The summed E-state index contributed by atoms with van der Waals surface area (Å²) < 4.78 is 0. The van der Waals surface area contributed by atoms with E-state index in [2.05, 4.69) is 0 Å². The van der Waals surface area contributed by atoms with Crippen LogP contribution in [0, 0.1) is 10.1 Å². The van der Waals surface area contributed by atoms with Crippen LogP contribution < -0.4 is 0 Å². The van der Waals surface area contributed by atoms with Crippen molar-refractivity contribution in [2.24, 2.45) is 0 Å². The summed E-state index contributed by atoms with van der Waals surface area (Å²) in [4.78, 5) is 23.2. The fourth-order valence-electron chi connectivity index (χ4n) is 2.32. The average Bonchev–Trinajstić information content (AvgIpc) is 2.38. The molecule has 0 aliphatic carbocycles. The lowest BCUT2D eigenvalue weighted by Crippen LogP contribution is -2.38. The van der Waals surface area contributed by atoms with E-state index >= 15 is 0 Å². The number of aliphatic carboxylic acids is 1. The van der Waals surface area contributed by atoms with Gasteiger partial charge in [0.2, 0.25) is 0 Å². The third-order valence-electron chi connectivity index (χ3n) is 3.23. The number of non-ortho nitro benzene ring substituents is 1. The maximum absolute atomic E-state index is 11.0. The van der Waals surface area contributed by atoms with Crippen LogP contribution in [-0.2, 0) is 4.79 Å². The van der Waals surface area contributed by atoms with Crippen LogP contribution in [0.4, 0.5) is 5.69 Å². The van der Waals surface area contributed by atoms with Gasteiger partial charge < -0.3 is 5.11 Å². The van der Waals surface area contributed by atoms with Gasteiger partial charge in [0.15, 0.2) is 0 Å². The molecule has 6 nitrogen and oxygen atoms in total. The predicted molar refractivity (Wildman–Crippen MR) is 75.6 cm³/mol. The Morgan fingerprint density at radius 2 is 2.10 bits per heavy atom. The lowest BCUT2D eigenvalue weighted by Gasteiger charge is -2.33. The van der Waals surface area contributed by atoms with Gasteiger partial charge in [0.1, 0.15) is 0 Å². The summed E-state index contributed by atoms with van der Waals surface area (Å²) >= 11 is 0. The average molecular weight is 280 g/mol. The molecule has 0 amide bonds. The topological polar surface area (TPSA) is 83.7 Å². The number of nitro benzene ring substituents is 1. The lowest BCUT2D eigenvalue weighted by atomic mass is 10.0. The van der Waals surface area contributed by atoms with Crippen molar-refractivity contribution >= 4 is 11.7 Å². The largest absolute Gasteiger partial charge is 0.480 e. The third kappa shape index (κ3) is 4.03. The number of nitro groups is 1. The Morgan fingerprint density at radius 3 is 2.55 bits per heavy atom. The van der Waals surface area contributed by atoms with Gasteiger partial charge in [-0.3, -0.25) is 19.8 Å². The molecule has 0 heterocycles. The molecule has 0 radical (unpaired) electrons. The SMILES string of the molecule is CCC(c1cccc([N+](=O)[O-])c1)N(CC(=O)O)C(C)C. The van der Waals surface area contributed by atoms with Crippen LogP contribution in [0.15, 0.2) is 24.3 Å². The van der Waals surface area contributed by atoms with Crippen LogP contribution in [0.25, 0.3) is 0 Å². The Kier molecular flexibility index (Phi) is 5.64. The summed E-state index contributed by atoms with van der Waals surface area (Å²) in [5.41, 5.74) is 0.802. The lowest BCUT2D eigenvalue weighted by molar-refractivity contribution is -0.385. The van der Waals surface area contributed by atoms with Crippen molar-refractivity contribution in [1.82, 2.24) is 4.90 Å². The van der Waals surface area contributed by atoms with E-state index in [-0.39, 0.29) is 24.3 Å². The first-order valence-electron chi connectivity index (χ1n) is 6.58. The zero-order chi connectivity index (χ0) is 15.3. The summed E-state index contributed by atoms with van der Waals surface area (Å²) in [5.74, 6) is -0.900. The standard InChI is InChI=1S/C14H20N2O4/c1-4-13(15(10(2)3)9-14(17)18)11-6-5-7-12(8-11)16(19)20/h5-8,10,13H,4,9H2,1-3H3,(H,17,18). The van der Waals surface area contributed by atoms with Crippen molar-refractivity contribution in [3.8, 4) is 0 Å². The number of benzene rings is 1. The number of carboxylic acids is 1. The molecule has 1 aromatic rings. The number of rotatable bonds is 7. The molecule has 1 atom stereocenters. The van der Waals surface area contributed by atoms with E-state index in [1.54, 1.807) is 12.1 Å². The predicted octanol–water partition coefficient (Wildman–Crippen LogP) is 2.84. The molecule has 1 aromatic carbocycles. The highest BCUT2D eigenvalue weighted by molar-refractivity contribution is 5.69. The fraction of sp³-hybridized carbons (Fsp3) is 0.500. The van der Waals surface area contributed by atoms with Gasteiger partial charge in [-0.05, 0) is 25.8 Å². The van der Waals surface area contributed by atoms with Crippen molar-refractivity contribution in [1.29, 1.82) is 0 Å². The van der Waals surface area contributed by atoms with E-state index in [0.29, 0.717) is 6.42 Å². The zero-order valence-electron chi connectivity index (χ0n) is 11.9. The van der Waals surface area contributed by atoms with Crippen molar-refractivity contribution in [2.75, 3.05) is 6.54 Å². The highest BCUT2D eigenvalue weighted by Gasteiger charge is 2.24. The van der Waals surface area contributed by atoms with Crippen molar-refractivity contribution in [2.45, 2.75) is 39.3 Å². The van der Waals surface area contributed by atoms with Gasteiger partial charge in [-0.15, -0.1) is 0 Å². The van der Waals surface area contributed by atoms with Gasteiger partial charge >= 0.3 is 5.97 Å². The van der Waals surface area contributed by atoms with Crippen molar-refractivity contribution in [3.63, 3.8) is 0 Å².